The summed E-state index contributed by atoms with van der Waals surface area (Å²) >= 11 is 0. The van der Waals surface area contributed by atoms with Gasteiger partial charge in [-0.25, -0.2) is 9.78 Å². The first-order valence-electron chi connectivity index (χ1n) is 6.33. The SMILES string of the molecule is CCNc1nc(NCCOC(N)=O)nc(-n2ccnc2)n1. The molecule has 4 N–H and O–H groups in total. The number of nitrogens with two attached hydrogens (primary N) is 1. The van der Waals surface area contributed by atoms with Crippen LogP contribution in [0.15, 0.2) is 18.7 Å². The molecule has 0 radical (unpaired) electrons. The number of amides is 1. The number of hydrogen-bond acceptors (Lipinski definition) is 8. The standard InChI is InChI=1S/C11H16N8O2/c1-2-14-9-16-10(15-4-6-21-8(12)20)18-11(17-9)19-5-3-13-7-19/h3,5,7H,2,4,6H2,1H3,(H2,12,20)(H2,14,15,16,17,18). The van der Waals surface area contributed by atoms with Crippen LogP contribution >= 0.6 is 0 Å². The monoisotopic (exact) mass is 292 g/mol. The van der Waals surface area contributed by atoms with E-state index in [1.165, 1.54) is 0 Å². The molecule has 0 fully saturated rings. The molecular weight excluding hydrogens is 276 g/mol. The summed E-state index contributed by atoms with van der Waals surface area (Å²) in [6, 6.07) is 0. The van der Waals surface area contributed by atoms with E-state index in [0.29, 0.717) is 30.9 Å². The van der Waals surface area contributed by atoms with Gasteiger partial charge in [0.1, 0.15) is 12.9 Å². The second-order valence-electron chi connectivity index (χ2n) is 3.88. The van der Waals surface area contributed by atoms with Crippen LogP contribution in [0.2, 0.25) is 0 Å². The van der Waals surface area contributed by atoms with Crippen LogP contribution in [0.3, 0.4) is 0 Å². The molecular formula is C11H16N8O2. The summed E-state index contributed by atoms with van der Waals surface area (Å²) in [5.74, 6) is 1.23. The number of carbonyl (C=O) groups is 1. The summed E-state index contributed by atoms with van der Waals surface area (Å²) in [6.07, 6.45) is 4.13. The quantitative estimate of drug-likeness (QED) is 0.607. The molecule has 2 rings (SSSR count). The van der Waals surface area contributed by atoms with Crippen LogP contribution in [0, 0.1) is 0 Å². The topological polar surface area (TPSA) is 133 Å². The molecule has 1 amide bonds. The van der Waals surface area contributed by atoms with Gasteiger partial charge < -0.3 is 21.1 Å². The molecule has 0 spiro atoms. The number of anilines is 2. The molecule has 10 nitrogen and oxygen atoms in total. The van der Waals surface area contributed by atoms with Crippen molar-refractivity contribution in [2.75, 3.05) is 30.3 Å². The van der Waals surface area contributed by atoms with E-state index in [-0.39, 0.29) is 6.61 Å². The Balaban J connectivity index is 2.10. The zero-order chi connectivity index (χ0) is 15.1. The van der Waals surface area contributed by atoms with Crippen molar-refractivity contribution in [3.63, 3.8) is 0 Å². The molecule has 2 heterocycles. The molecule has 0 unspecified atom stereocenters. The van der Waals surface area contributed by atoms with Gasteiger partial charge in [-0.05, 0) is 6.92 Å². The Labute approximate surface area is 120 Å². The van der Waals surface area contributed by atoms with E-state index >= 15 is 0 Å². The lowest BCUT2D eigenvalue weighted by molar-refractivity contribution is 0.161. The van der Waals surface area contributed by atoms with Crippen LogP contribution in [0.1, 0.15) is 6.92 Å². The van der Waals surface area contributed by atoms with E-state index in [1.807, 2.05) is 6.92 Å². The highest BCUT2D eigenvalue weighted by atomic mass is 16.5. The fraction of sp³-hybridized carbons (Fsp3) is 0.364. The summed E-state index contributed by atoms with van der Waals surface area (Å²) in [6.45, 7) is 3.08. The Morgan fingerprint density at radius 1 is 1.33 bits per heavy atom. The number of hydrogen-bond donors (Lipinski definition) is 3. The number of aromatic nitrogens is 5. The maximum Gasteiger partial charge on any atom is 0.404 e. The molecule has 0 bridgehead atoms. The van der Waals surface area contributed by atoms with Gasteiger partial charge in [0.15, 0.2) is 0 Å². The van der Waals surface area contributed by atoms with Crippen molar-refractivity contribution in [2.45, 2.75) is 6.92 Å². The average Bonchev–Trinajstić information content (AvgIpc) is 2.98. The van der Waals surface area contributed by atoms with Gasteiger partial charge >= 0.3 is 6.09 Å². The van der Waals surface area contributed by atoms with E-state index in [0.717, 1.165) is 0 Å². The van der Waals surface area contributed by atoms with Crippen molar-refractivity contribution in [1.82, 2.24) is 24.5 Å². The summed E-state index contributed by atoms with van der Waals surface area (Å²) in [4.78, 5) is 27.1. The third-order valence-corrected chi connectivity index (χ3v) is 2.32. The predicted octanol–water partition coefficient (Wildman–Crippen LogP) is -0.00370. The Morgan fingerprint density at radius 2 is 2.10 bits per heavy atom. The third kappa shape index (κ3) is 4.30. The van der Waals surface area contributed by atoms with Crippen LogP contribution in [0.25, 0.3) is 5.95 Å². The van der Waals surface area contributed by atoms with Crippen LogP contribution in [0.5, 0.6) is 0 Å². The Kier molecular flexibility index (Phi) is 4.85. The van der Waals surface area contributed by atoms with E-state index < -0.39 is 6.09 Å². The number of primary amides is 1. The van der Waals surface area contributed by atoms with Crippen LogP contribution in [-0.4, -0.2) is 50.3 Å². The first-order chi connectivity index (χ1) is 10.2. The van der Waals surface area contributed by atoms with Crippen LogP contribution < -0.4 is 16.4 Å². The number of nitrogens with zero attached hydrogens (tertiary/aromatic N) is 5. The second kappa shape index (κ2) is 7.03. The smallest absolute Gasteiger partial charge is 0.404 e. The lowest BCUT2D eigenvalue weighted by atomic mass is 10.6. The van der Waals surface area contributed by atoms with Crippen molar-refractivity contribution in [2.24, 2.45) is 5.73 Å². The first kappa shape index (κ1) is 14.5. The van der Waals surface area contributed by atoms with Crippen molar-refractivity contribution in [3.8, 4) is 5.95 Å². The lowest BCUT2D eigenvalue weighted by Gasteiger charge is -2.09. The molecule has 0 atom stereocenters. The van der Waals surface area contributed by atoms with Gasteiger partial charge in [-0.2, -0.15) is 15.0 Å². The van der Waals surface area contributed by atoms with Gasteiger partial charge in [0.25, 0.3) is 0 Å². The van der Waals surface area contributed by atoms with E-state index in [1.54, 1.807) is 23.3 Å². The van der Waals surface area contributed by atoms with Crippen LogP contribution in [0.4, 0.5) is 16.7 Å². The van der Waals surface area contributed by atoms with Gasteiger partial charge in [-0.15, -0.1) is 0 Å². The molecule has 112 valence electrons. The normalized spacial score (nSPS) is 10.1. The second-order valence-corrected chi connectivity index (χ2v) is 3.88. The third-order valence-electron chi connectivity index (χ3n) is 2.32. The lowest BCUT2D eigenvalue weighted by Crippen LogP contribution is -2.19. The fourth-order valence-electron chi connectivity index (χ4n) is 1.49. The van der Waals surface area contributed by atoms with Crippen molar-refractivity contribution < 1.29 is 9.53 Å². The largest absolute Gasteiger partial charge is 0.448 e. The molecule has 21 heavy (non-hydrogen) atoms. The number of nitrogens with one attached hydrogen (secondary N) is 2. The van der Waals surface area contributed by atoms with Crippen LogP contribution in [-0.2, 0) is 4.74 Å². The number of ether oxygens (including phenoxy) is 1. The highest BCUT2D eigenvalue weighted by Crippen LogP contribution is 2.08. The molecule has 0 aliphatic rings. The van der Waals surface area contributed by atoms with Gasteiger partial charge in [-0.3, -0.25) is 4.57 Å². The highest BCUT2D eigenvalue weighted by Gasteiger charge is 2.07. The minimum absolute atomic E-state index is 0.123. The number of rotatable bonds is 7. The van der Waals surface area contributed by atoms with E-state index in [4.69, 9.17) is 5.73 Å². The summed E-state index contributed by atoms with van der Waals surface area (Å²) in [5, 5.41) is 5.95. The van der Waals surface area contributed by atoms with Gasteiger partial charge in [-0.1, -0.05) is 0 Å². The minimum Gasteiger partial charge on any atom is -0.448 e. The Hall–Kier alpha value is -2.91. The van der Waals surface area contributed by atoms with Gasteiger partial charge in [0.2, 0.25) is 17.8 Å². The van der Waals surface area contributed by atoms with Gasteiger partial charge in [0, 0.05) is 18.9 Å². The summed E-state index contributed by atoms with van der Waals surface area (Å²) in [5.41, 5.74) is 4.87. The summed E-state index contributed by atoms with van der Waals surface area (Å²) in [7, 11) is 0. The average molecular weight is 292 g/mol. The number of imidazole rings is 1. The van der Waals surface area contributed by atoms with Crippen molar-refractivity contribution >= 4 is 18.0 Å². The molecule has 10 heteroatoms. The number of carbonyl (C=O) groups excluding carboxylic acids is 1. The van der Waals surface area contributed by atoms with E-state index in [9.17, 15) is 4.79 Å². The van der Waals surface area contributed by atoms with Gasteiger partial charge in [0.05, 0.1) is 6.54 Å². The Bertz CT molecular complexity index is 586. The summed E-state index contributed by atoms with van der Waals surface area (Å²) < 4.78 is 6.28. The molecule has 0 saturated carbocycles. The fourth-order valence-corrected chi connectivity index (χ4v) is 1.49. The molecule has 2 aromatic heterocycles. The predicted molar refractivity (Wildman–Crippen MR) is 75.1 cm³/mol. The first-order valence-corrected chi connectivity index (χ1v) is 6.33. The minimum atomic E-state index is -0.820. The zero-order valence-corrected chi connectivity index (χ0v) is 11.5. The molecule has 2 aromatic rings. The highest BCUT2D eigenvalue weighted by molar-refractivity contribution is 5.64. The van der Waals surface area contributed by atoms with Crippen molar-refractivity contribution in [1.29, 1.82) is 0 Å². The Morgan fingerprint density at radius 3 is 2.71 bits per heavy atom. The van der Waals surface area contributed by atoms with Crippen molar-refractivity contribution in [3.05, 3.63) is 18.7 Å². The molecule has 0 aromatic carbocycles. The maximum absolute atomic E-state index is 10.5. The zero-order valence-electron chi connectivity index (χ0n) is 11.5. The molecule has 0 saturated heterocycles. The molecule has 0 aliphatic carbocycles. The maximum atomic E-state index is 10.5. The molecule has 0 aliphatic heterocycles. The van der Waals surface area contributed by atoms with E-state index in [2.05, 4.69) is 35.3 Å².